The van der Waals surface area contributed by atoms with Crippen LogP contribution in [0.3, 0.4) is 0 Å². The zero-order valence-electron chi connectivity index (χ0n) is 11.1. The van der Waals surface area contributed by atoms with Gasteiger partial charge in [0.2, 0.25) is 0 Å². The van der Waals surface area contributed by atoms with Gasteiger partial charge in [0.25, 0.3) is 0 Å². The van der Waals surface area contributed by atoms with Crippen LogP contribution in [0, 0.1) is 5.92 Å². The molecule has 0 radical (unpaired) electrons. The number of carbonyl (C=O) groups excluding carboxylic acids is 1. The molecule has 0 bridgehead atoms. The topological polar surface area (TPSA) is 38.8 Å². The average Bonchev–Trinajstić information content (AvgIpc) is 2.72. The van der Waals surface area contributed by atoms with Gasteiger partial charge in [0.1, 0.15) is 12.4 Å². The highest BCUT2D eigenvalue weighted by atomic mass is 16.6. The SMILES string of the molecule is COc1ccc(CN2C(=O)OC[C@@H]2C(C)C)cc1. The molecule has 1 aromatic rings. The van der Waals surface area contributed by atoms with Gasteiger partial charge in [0, 0.05) is 6.54 Å². The molecule has 1 fully saturated rings. The van der Waals surface area contributed by atoms with Gasteiger partial charge in [0.05, 0.1) is 13.2 Å². The molecule has 0 saturated carbocycles. The second-order valence-electron chi connectivity index (χ2n) is 4.86. The summed E-state index contributed by atoms with van der Waals surface area (Å²) in [6.07, 6.45) is -0.218. The van der Waals surface area contributed by atoms with E-state index < -0.39 is 0 Å². The Balaban J connectivity index is 2.08. The monoisotopic (exact) mass is 249 g/mol. The van der Waals surface area contributed by atoms with Gasteiger partial charge in [-0.25, -0.2) is 4.79 Å². The molecule has 1 aliphatic rings. The van der Waals surface area contributed by atoms with E-state index >= 15 is 0 Å². The van der Waals surface area contributed by atoms with Crippen LogP contribution in [-0.4, -0.2) is 30.8 Å². The average molecular weight is 249 g/mol. The van der Waals surface area contributed by atoms with Crippen LogP contribution in [0.15, 0.2) is 24.3 Å². The Morgan fingerprint density at radius 1 is 1.39 bits per heavy atom. The van der Waals surface area contributed by atoms with Crippen LogP contribution in [0.2, 0.25) is 0 Å². The van der Waals surface area contributed by atoms with E-state index in [0.717, 1.165) is 11.3 Å². The van der Waals surface area contributed by atoms with E-state index in [1.165, 1.54) is 0 Å². The van der Waals surface area contributed by atoms with Gasteiger partial charge in [-0.05, 0) is 23.6 Å². The third-order valence-electron chi connectivity index (χ3n) is 3.29. The Kier molecular flexibility index (Phi) is 3.75. The van der Waals surface area contributed by atoms with Crippen molar-refractivity contribution in [1.29, 1.82) is 0 Å². The van der Waals surface area contributed by atoms with Gasteiger partial charge >= 0.3 is 6.09 Å². The maximum absolute atomic E-state index is 11.7. The molecular formula is C14H19NO3. The van der Waals surface area contributed by atoms with Crippen molar-refractivity contribution in [2.75, 3.05) is 13.7 Å². The smallest absolute Gasteiger partial charge is 0.410 e. The Morgan fingerprint density at radius 2 is 2.06 bits per heavy atom. The van der Waals surface area contributed by atoms with Crippen molar-refractivity contribution in [3.8, 4) is 5.75 Å². The summed E-state index contributed by atoms with van der Waals surface area (Å²) in [5.74, 6) is 1.22. The van der Waals surface area contributed by atoms with Gasteiger partial charge in [-0.15, -0.1) is 0 Å². The molecule has 18 heavy (non-hydrogen) atoms. The second-order valence-corrected chi connectivity index (χ2v) is 4.86. The van der Waals surface area contributed by atoms with Crippen molar-refractivity contribution >= 4 is 6.09 Å². The van der Waals surface area contributed by atoms with Gasteiger partial charge < -0.3 is 9.47 Å². The Hall–Kier alpha value is -1.71. The molecule has 1 amide bonds. The molecule has 4 heteroatoms. The van der Waals surface area contributed by atoms with E-state index in [-0.39, 0.29) is 12.1 Å². The van der Waals surface area contributed by atoms with Gasteiger partial charge in [-0.1, -0.05) is 26.0 Å². The maximum atomic E-state index is 11.7. The fourth-order valence-electron chi connectivity index (χ4n) is 2.13. The largest absolute Gasteiger partial charge is 0.497 e. The van der Waals surface area contributed by atoms with E-state index in [0.29, 0.717) is 19.1 Å². The number of benzene rings is 1. The van der Waals surface area contributed by atoms with E-state index in [4.69, 9.17) is 9.47 Å². The van der Waals surface area contributed by atoms with E-state index in [2.05, 4.69) is 13.8 Å². The summed E-state index contributed by atoms with van der Waals surface area (Å²) in [7, 11) is 1.64. The first-order chi connectivity index (χ1) is 8.61. The molecule has 0 aromatic heterocycles. The van der Waals surface area contributed by atoms with Crippen molar-refractivity contribution < 1.29 is 14.3 Å². The Labute approximate surface area is 107 Å². The molecule has 1 atom stereocenters. The molecule has 2 rings (SSSR count). The Bertz CT molecular complexity index is 414. The van der Waals surface area contributed by atoms with Crippen LogP contribution in [0.1, 0.15) is 19.4 Å². The van der Waals surface area contributed by atoms with Crippen LogP contribution < -0.4 is 4.74 Å². The van der Waals surface area contributed by atoms with Crippen LogP contribution in [-0.2, 0) is 11.3 Å². The molecule has 0 aliphatic carbocycles. The lowest BCUT2D eigenvalue weighted by Crippen LogP contribution is -2.36. The summed E-state index contributed by atoms with van der Waals surface area (Å²) in [5, 5.41) is 0. The zero-order chi connectivity index (χ0) is 13.1. The number of hydrogen-bond acceptors (Lipinski definition) is 3. The highest BCUT2D eigenvalue weighted by Crippen LogP contribution is 2.22. The lowest BCUT2D eigenvalue weighted by molar-refractivity contribution is 0.155. The van der Waals surface area contributed by atoms with Crippen molar-refractivity contribution in [2.45, 2.75) is 26.4 Å². The molecule has 0 spiro atoms. The quantitative estimate of drug-likeness (QED) is 0.823. The summed E-state index contributed by atoms with van der Waals surface area (Å²) in [5.41, 5.74) is 1.08. The first-order valence-corrected chi connectivity index (χ1v) is 6.18. The number of hydrogen-bond donors (Lipinski definition) is 0. The summed E-state index contributed by atoms with van der Waals surface area (Å²) in [6, 6.07) is 7.92. The minimum Gasteiger partial charge on any atom is -0.497 e. The van der Waals surface area contributed by atoms with Crippen LogP contribution in [0.5, 0.6) is 5.75 Å². The van der Waals surface area contributed by atoms with Gasteiger partial charge in [0.15, 0.2) is 0 Å². The highest BCUT2D eigenvalue weighted by Gasteiger charge is 2.34. The lowest BCUT2D eigenvalue weighted by Gasteiger charge is -2.24. The third kappa shape index (κ3) is 2.58. The summed E-state index contributed by atoms with van der Waals surface area (Å²) >= 11 is 0. The molecule has 1 heterocycles. The fourth-order valence-corrected chi connectivity index (χ4v) is 2.13. The summed E-state index contributed by atoms with van der Waals surface area (Å²) in [6.45, 7) is 5.29. The van der Waals surface area contributed by atoms with E-state index in [9.17, 15) is 4.79 Å². The maximum Gasteiger partial charge on any atom is 0.410 e. The van der Waals surface area contributed by atoms with Crippen LogP contribution in [0.25, 0.3) is 0 Å². The number of methoxy groups -OCH3 is 1. The highest BCUT2D eigenvalue weighted by molar-refractivity contribution is 5.70. The number of rotatable bonds is 4. The number of amides is 1. The third-order valence-corrected chi connectivity index (χ3v) is 3.29. The molecule has 1 aliphatic heterocycles. The zero-order valence-corrected chi connectivity index (χ0v) is 11.1. The van der Waals surface area contributed by atoms with Crippen molar-refractivity contribution in [3.63, 3.8) is 0 Å². The molecular weight excluding hydrogens is 230 g/mol. The van der Waals surface area contributed by atoms with Crippen molar-refractivity contribution in [3.05, 3.63) is 29.8 Å². The fraction of sp³-hybridized carbons (Fsp3) is 0.500. The van der Waals surface area contributed by atoms with Gasteiger partial charge in [-0.3, -0.25) is 4.90 Å². The molecule has 1 aromatic carbocycles. The van der Waals surface area contributed by atoms with Gasteiger partial charge in [-0.2, -0.15) is 0 Å². The molecule has 98 valence electrons. The first kappa shape index (κ1) is 12.7. The van der Waals surface area contributed by atoms with E-state index in [1.54, 1.807) is 12.0 Å². The van der Waals surface area contributed by atoms with E-state index in [1.807, 2.05) is 24.3 Å². The molecule has 4 nitrogen and oxygen atoms in total. The van der Waals surface area contributed by atoms with Crippen molar-refractivity contribution in [1.82, 2.24) is 4.90 Å². The Morgan fingerprint density at radius 3 is 2.61 bits per heavy atom. The minimum absolute atomic E-state index is 0.166. The second kappa shape index (κ2) is 5.29. The number of ether oxygens (including phenoxy) is 2. The molecule has 1 saturated heterocycles. The van der Waals surface area contributed by atoms with Crippen LogP contribution in [0.4, 0.5) is 4.79 Å². The first-order valence-electron chi connectivity index (χ1n) is 6.18. The number of carbonyl (C=O) groups is 1. The molecule has 0 N–H and O–H groups in total. The lowest BCUT2D eigenvalue weighted by atomic mass is 10.0. The number of cyclic esters (lactones) is 1. The minimum atomic E-state index is -0.218. The van der Waals surface area contributed by atoms with Crippen molar-refractivity contribution in [2.24, 2.45) is 5.92 Å². The van der Waals surface area contributed by atoms with Crippen LogP contribution >= 0.6 is 0 Å². The number of nitrogens with zero attached hydrogens (tertiary/aromatic N) is 1. The predicted octanol–water partition coefficient (Wildman–Crippen LogP) is 2.67. The predicted molar refractivity (Wildman–Crippen MR) is 68.5 cm³/mol. The molecule has 0 unspecified atom stereocenters. The summed E-state index contributed by atoms with van der Waals surface area (Å²) < 4.78 is 10.2. The normalized spacial score (nSPS) is 19.2. The summed E-state index contributed by atoms with van der Waals surface area (Å²) in [4.78, 5) is 13.5. The standard InChI is InChI=1S/C14H19NO3/c1-10(2)13-9-18-14(16)15(13)8-11-4-6-12(17-3)7-5-11/h4-7,10,13H,8-9H2,1-3H3/t13-/m1/s1.